The zero-order chi connectivity index (χ0) is 14.5. The fraction of sp³-hybridized carbons (Fsp3) is 0.462. The maximum Gasteiger partial charge on any atom is 0.191 e. The van der Waals surface area contributed by atoms with E-state index in [-0.39, 0.29) is 0 Å². The van der Waals surface area contributed by atoms with E-state index < -0.39 is 0 Å². The highest BCUT2D eigenvalue weighted by atomic mass is 32.1. The summed E-state index contributed by atoms with van der Waals surface area (Å²) in [5.74, 6) is 2.55. The first-order valence-electron chi connectivity index (χ1n) is 6.45. The predicted octanol–water partition coefficient (Wildman–Crippen LogP) is 1.36. The van der Waals surface area contributed by atoms with E-state index in [0.717, 1.165) is 24.2 Å². The largest absolute Gasteiger partial charge is 0.352 e. The molecule has 0 fully saturated rings. The molecule has 0 bridgehead atoms. The second-order valence-corrected chi connectivity index (χ2v) is 5.89. The molecule has 108 valence electrons. The number of aliphatic imine (C=N–C) groups is 1. The number of thiophene rings is 1. The van der Waals surface area contributed by atoms with Crippen LogP contribution in [0.5, 0.6) is 0 Å². The first-order valence-corrected chi connectivity index (χ1v) is 7.26. The minimum absolute atomic E-state index is 0.598. The van der Waals surface area contributed by atoms with Gasteiger partial charge in [0.25, 0.3) is 0 Å². The van der Waals surface area contributed by atoms with E-state index in [0.29, 0.717) is 6.54 Å². The highest BCUT2D eigenvalue weighted by molar-refractivity contribution is 7.11. The number of hydrogen-bond acceptors (Lipinski definition) is 4. The molecule has 0 atom stereocenters. The zero-order valence-corrected chi connectivity index (χ0v) is 13.1. The van der Waals surface area contributed by atoms with Crippen molar-refractivity contribution in [2.24, 2.45) is 12.0 Å². The van der Waals surface area contributed by atoms with E-state index in [1.807, 2.05) is 18.5 Å². The summed E-state index contributed by atoms with van der Waals surface area (Å²) in [4.78, 5) is 6.81. The number of rotatable bonds is 4. The van der Waals surface area contributed by atoms with Crippen LogP contribution in [0.15, 0.2) is 17.1 Å². The molecule has 0 amide bonds. The molecule has 0 aliphatic rings. The van der Waals surface area contributed by atoms with Gasteiger partial charge in [-0.15, -0.1) is 21.5 Å². The van der Waals surface area contributed by atoms with Gasteiger partial charge >= 0.3 is 0 Å². The summed E-state index contributed by atoms with van der Waals surface area (Å²) >= 11 is 1.79. The van der Waals surface area contributed by atoms with Gasteiger partial charge in [0.2, 0.25) is 0 Å². The topological polar surface area (TPSA) is 67.1 Å². The molecule has 7 heteroatoms. The lowest BCUT2D eigenvalue weighted by Crippen LogP contribution is -2.36. The number of nitrogens with zero attached hydrogens (tertiary/aromatic N) is 4. The van der Waals surface area contributed by atoms with Crippen LogP contribution in [0.2, 0.25) is 0 Å². The minimum Gasteiger partial charge on any atom is -0.352 e. The fourth-order valence-electron chi connectivity index (χ4n) is 1.74. The van der Waals surface area contributed by atoms with Crippen molar-refractivity contribution in [1.29, 1.82) is 0 Å². The Balaban J connectivity index is 1.85. The third-order valence-electron chi connectivity index (χ3n) is 3.05. The van der Waals surface area contributed by atoms with Gasteiger partial charge in [-0.2, -0.15) is 0 Å². The van der Waals surface area contributed by atoms with Crippen LogP contribution in [0.1, 0.15) is 21.4 Å². The lowest BCUT2D eigenvalue weighted by molar-refractivity contribution is 0.718. The molecule has 2 heterocycles. The number of aromatic nitrogens is 3. The van der Waals surface area contributed by atoms with Gasteiger partial charge in [0, 0.05) is 23.8 Å². The van der Waals surface area contributed by atoms with Crippen molar-refractivity contribution in [3.8, 4) is 0 Å². The Morgan fingerprint density at radius 1 is 1.25 bits per heavy atom. The highest BCUT2D eigenvalue weighted by Crippen LogP contribution is 2.14. The van der Waals surface area contributed by atoms with Crippen LogP contribution < -0.4 is 10.6 Å². The zero-order valence-electron chi connectivity index (χ0n) is 12.3. The van der Waals surface area contributed by atoms with Gasteiger partial charge in [-0.25, -0.2) is 0 Å². The molecular formula is C13H20N6S. The molecule has 0 radical (unpaired) electrons. The maximum atomic E-state index is 4.20. The van der Waals surface area contributed by atoms with Crippen LogP contribution in [-0.4, -0.2) is 27.8 Å². The molecule has 6 nitrogen and oxygen atoms in total. The SMILES string of the molecule is CN=C(NCc1ccc(C)s1)NCc1nnc(C)n1C. The summed E-state index contributed by atoms with van der Waals surface area (Å²) in [7, 11) is 3.72. The summed E-state index contributed by atoms with van der Waals surface area (Å²) in [6, 6.07) is 4.26. The van der Waals surface area contributed by atoms with Crippen molar-refractivity contribution in [2.45, 2.75) is 26.9 Å². The van der Waals surface area contributed by atoms with E-state index >= 15 is 0 Å². The molecule has 0 unspecified atom stereocenters. The van der Waals surface area contributed by atoms with Crippen molar-refractivity contribution in [3.05, 3.63) is 33.5 Å². The van der Waals surface area contributed by atoms with E-state index in [1.165, 1.54) is 9.75 Å². The molecule has 2 aromatic heterocycles. The molecule has 0 aromatic carbocycles. The van der Waals surface area contributed by atoms with Crippen molar-refractivity contribution in [3.63, 3.8) is 0 Å². The average Bonchev–Trinajstić information content (AvgIpc) is 2.99. The first-order chi connectivity index (χ1) is 9.60. The summed E-state index contributed by atoms with van der Waals surface area (Å²) in [6.07, 6.45) is 0. The van der Waals surface area contributed by atoms with Gasteiger partial charge in [-0.1, -0.05) is 0 Å². The third-order valence-corrected chi connectivity index (χ3v) is 4.05. The number of hydrogen-bond donors (Lipinski definition) is 2. The van der Waals surface area contributed by atoms with Crippen LogP contribution in [0.4, 0.5) is 0 Å². The van der Waals surface area contributed by atoms with Crippen LogP contribution >= 0.6 is 11.3 Å². The molecule has 0 saturated carbocycles. The van der Waals surface area contributed by atoms with Crippen molar-refractivity contribution in [2.75, 3.05) is 7.05 Å². The van der Waals surface area contributed by atoms with Gasteiger partial charge in [0.1, 0.15) is 5.82 Å². The van der Waals surface area contributed by atoms with Crippen LogP contribution in [0.25, 0.3) is 0 Å². The molecule has 2 N–H and O–H groups in total. The lowest BCUT2D eigenvalue weighted by atomic mass is 10.4. The third kappa shape index (κ3) is 3.57. The Bertz CT molecular complexity index is 598. The Kier molecular flexibility index (Phi) is 4.73. The molecule has 0 spiro atoms. The van der Waals surface area contributed by atoms with Crippen molar-refractivity contribution in [1.82, 2.24) is 25.4 Å². The van der Waals surface area contributed by atoms with E-state index in [1.54, 1.807) is 18.4 Å². The van der Waals surface area contributed by atoms with Crippen LogP contribution in [0, 0.1) is 13.8 Å². The van der Waals surface area contributed by atoms with Gasteiger partial charge < -0.3 is 15.2 Å². The Labute approximate surface area is 123 Å². The molecule has 2 rings (SSSR count). The Morgan fingerprint density at radius 3 is 2.55 bits per heavy atom. The second-order valence-electron chi connectivity index (χ2n) is 4.51. The second kappa shape index (κ2) is 6.51. The Morgan fingerprint density at radius 2 is 2.00 bits per heavy atom. The monoisotopic (exact) mass is 292 g/mol. The van der Waals surface area contributed by atoms with E-state index in [9.17, 15) is 0 Å². The molecular weight excluding hydrogens is 272 g/mol. The quantitative estimate of drug-likeness (QED) is 0.659. The molecule has 0 aliphatic heterocycles. The Hall–Kier alpha value is -1.89. The summed E-state index contributed by atoms with van der Waals surface area (Å²) in [5.41, 5.74) is 0. The summed E-state index contributed by atoms with van der Waals surface area (Å²) in [6.45, 7) is 5.41. The molecule has 0 aliphatic carbocycles. The van der Waals surface area contributed by atoms with Gasteiger partial charge in [0.05, 0.1) is 13.1 Å². The molecule has 2 aromatic rings. The standard InChI is InChI=1S/C13H20N6S/c1-9-5-6-11(20-9)7-15-13(14-3)16-8-12-18-17-10(2)19(12)4/h5-6H,7-8H2,1-4H3,(H2,14,15,16). The number of aryl methyl sites for hydroxylation is 2. The summed E-state index contributed by atoms with van der Waals surface area (Å²) in [5, 5.41) is 14.7. The van der Waals surface area contributed by atoms with Gasteiger partial charge in [0.15, 0.2) is 11.8 Å². The normalized spacial score (nSPS) is 11.7. The maximum absolute atomic E-state index is 4.20. The van der Waals surface area contributed by atoms with Gasteiger partial charge in [-0.3, -0.25) is 4.99 Å². The van der Waals surface area contributed by atoms with E-state index in [2.05, 4.69) is 44.9 Å². The first kappa shape index (κ1) is 14.5. The van der Waals surface area contributed by atoms with Crippen LogP contribution in [-0.2, 0) is 20.1 Å². The number of guanidine groups is 1. The molecule has 0 saturated heterocycles. The van der Waals surface area contributed by atoms with E-state index in [4.69, 9.17) is 0 Å². The highest BCUT2D eigenvalue weighted by Gasteiger charge is 2.06. The average molecular weight is 292 g/mol. The van der Waals surface area contributed by atoms with Crippen molar-refractivity contribution < 1.29 is 0 Å². The lowest BCUT2D eigenvalue weighted by Gasteiger charge is -2.10. The summed E-state index contributed by atoms with van der Waals surface area (Å²) < 4.78 is 1.96. The predicted molar refractivity (Wildman–Crippen MR) is 81.8 cm³/mol. The minimum atomic E-state index is 0.598. The van der Waals surface area contributed by atoms with Crippen LogP contribution in [0.3, 0.4) is 0 Å². The van der Waals surface area contributed by atoms with Gasteiger partial charge in [-0.05, 0) is 26.0 Å². The fourth-order valence-corrected chi connectivity index (χ4v) is 2.57. The smallest absolute Gasteiger partial charge is 0.191 e. The van der Waals surface area contributed by atoms with Crippen molar-refractivity contribution >= 4 is 17.3 Å². The molecule has 20 heavy (non-hydrogen) atoms. The number of nitrogens with one attached hydrogen (secondary N) is 2.